The summed E-state index contributed by atoms with van der Waals surface area (Å²) in [4.78, 5) is 0. The first-order valence-corrected chi connectivity index (χ1v) is 4.24. The van der Waals surface area contributed by atoms with Gasteiger partial charge in [0, 0.05) is 22.7 Å². The second-order valence-electron chi connectivity index (χ2n) is 2.73. The molecule has 4 heteroatoms. The maximum atomic E-state index is 9.63. The van der Waals surface area contributed by atoms with Crippen molar-refractivity contribution < 1.29 is 9.84 Å². The van der Waals surface area contributed by atoms with Crippen molar-refractivity contribution in [2.24, 2.45) is 5.73 Å². The lowest BCUT2D eigenvalue weighted by atomic mass is 10.1. The van der Waals surface area contributed by atoms with Crippen molar-refractivity contribution in [3.05, 3.63) is 22.2 Å². The number of hydrogen-bond acceptors (Lipinski definition) is 3. The summed E-state index contributed by atoms with van der Waals surface area (Å²) in [6.45, 7) is 2.02. The molecule has 13 heavy (non-hydrogen) atoms. The third kappa shape index (κ3) is 1.71. The second kappa shape index (κ2) is 3.85. The average molecular weight is 202 g/mol. The summed E-state index contributed by atoms with van der Waals surface area (Å²) in [5.74, 6) is 0.472. The van der Waals surface area contributed by atoms with Crippen molar-refractivity contribution >= 4 is 11.6 Å². The van der Waals surface area contributed by atoms with Gasteiger partial charge in [-0.05, 0) is 13.0 Å². The third-order valence-corrected chi connectivity index (χ3v) is 2.34. The largest absolute Gasteiger partial charge is 0.504 e. The molecule has 0 fully saturated rings. The molecule has 0 amide bonds. The number of rotatable bonds is 2. The van der Waals surface area contributed by atoms with Gasteiger partial charge in [-0.2, -0.15) is 0 Å². The minimum absolute atomic E-state index is 0.0758. The van der Waals surface area contributed by atoms with E-state index in [0.29, 0.717) is 16.3 Å². The minimum Gasteiger partial charge on any atom is -0.504 e. The first-order valence-electron chi connectivity index (χ1n) is 3.86. The van der Waals surface area contributed by atoms with Crippen molar-refractivity contribution in [2.45, 2.75) is 13.5 Å². The van der Waals surface area contributed by atoms with Crippen molar-refractivity contribution in [3.8, 4) is 11.5 Å². The van der Waals surface area contributed by atoms with Crippen LogP contribution in [0, 0.1) is 6.92 Å². The van der Waals surface area contributed by atoms with Crippen molar-refractivity contribution in [1.82, 2.24) is 0 Å². The highest BCUT2D eigenvalue weighted by Gasteiger charge is 2.13. The van der Waals surface area contributed by atoms with Gasteiger partial charge in [0.1, 0.15) is 0 Å². The maximum Gasteiger partial charge on any atom is 0.165 e. The summed E-state index contributed by atoms with van der Waals surface area (Å²) < 4.78 is 5.01. The third-order valence-electron chi connectivity index (χ3n) is 1.94. The van der Waals surface area contributed by atoms with Gasteiger partial charge in [-0.3, -0.25) is 0 Å². The van der Waals surface area contributed by atoms with E-state index in [9.17, 15) is 5.11 Å². The molecule has 0 aliphatic rings. The van der Waals surface area contributed by atoms with Crippen LogP contribution in [0.4, 0.5) is 0 Å². The van der Waals surface area contributed by atoms with Gasteiger partial charge in [0.25, 0.3) is 0 Å². The number of phenols is 1. The number of aromatic hydroxyl groups is 1. The van der Waals surface area contributed by atoms with Gasteiger partial charge in [0.15, 0.2) is 11.5 Å². The Morgan fingerprint density at radius 3 is 2.69 bits per heavy atom. The highest BCUT2D eigenvalue weighted by atomic mass is 35.5. The molecule has 1 aromatic rings. The Morgan fingerprint density at radius 1 is 1.62 bits per heavy atom. The van der Waals surface area contributed by atoms with Gasteiger partial charge >= 0.3 is 0 Å². The van der Waals surface area contributed by atoms with Crippen LogP contribution in [0.1, 0.15) is 11.1 Å². The van der Waals surface area contributed by atoms with Gasteiger partial charge in [-0.25, -0.2) is 0 Å². The summed E-state index contributed by atoms with van der Waals surface area (Å²) >= 11 is 5.90. The Labute approximate surface area is 82.1 Å². The molecular weight excluding hydrogens is 190 g/mol. The molecular formula is C9H12ClNO2. The number of methoxy groups -OCH3 is 1. The van der Waals surface area contributed by atoms with E-state index >= 15 is 0 Å². The van der Waals surface area contributed by atoms with Crippen LogP contribution in [0.2, 0.25) is 5.02 Å². The smallest absolute Gasteiger partial charge is 0.165 e. The van der Waals surface area contributed by atoms with Crippen LogP contribution in [-0.2, 0) is 6.54 Å². The molecule has 1 rings (SSSR count). The standard InChI is InChI=1S/C9H12ClNO2/c1-5-7(10)3-6(4-11)8(12)9(5)13-2/h3,12H,4,11H2,1-2H3. The number of ether oxygens (including phenoxy) is 1. The molecule has 0 atom stereocenters. The Balaban J connectivity index is 3.39. The van der Waals surface area contributed by atoms with Gasteiger partial charge in [0.2, 0.25) is 0 Å². The van der Waals surface area contributed by atoms with E-state index in [4.69, 9.17) is 22.1 Å². The zero-order valence-corrected chi connectivity index (χ0v) is 8.35. The van der Waals surface area contributed by atoms with E-state index in [2.05, 4.69) is 0 Å². The molecule has 0 heterocycles. The predicted molar refractivity (Wildman–Crippen MR) is 52.3 cm³/mol. The normalized spacial score (nSPS) is 10.2. The second-order valence-corrected chi connectivity index (χ2v) is 3.14. The summed E-state index contributed by atoms with van der Waals surface area (Å²) in [5.41, 5.74) is 6.73. The zero-order chi connectivity index (χ0) is 10.0. The van der Waals surface area contributed by atoms with Crippen LogP contribution in [0.5, 0.6) is 11.5 Å². The summed E-state index contributed by atoms with van der Waals surface area (Å²) in [6, 6.07) is 1.65. The molecule has 0 aromatic heterocycles. The van der Waals surface area contributed by atoms with Crippen LogP contribution in [0.3, 0.4) is 0 Å². The van der Waals surface area contributed by atoms with Crippen molar-refractivity contribution in [2.75, 3.05) is 7.11 Å². The topological polar surface area (TPSA) is 55.5 Å². The number of benzene rings is 1. The fourth-order valence-electron chi connectivity index (χ4n) is 1.17. The quantitative estimate of drug-likeness (QED) is 0.768. The Kier molecular flexibility index (Phi) is 3.01. The zero-order valence-electron chi connectivity index (χ0n) is 7.60. The van der Waals surface area contributed by atoms with Crippen molar-refractivity contribution in [1.29, 1.82) is 0 Å². The minimum atomic E-state index is 0.0758. The molecule has 0 aliphatic heterocycles. The van der Waals surface area contributed by atoms with Gasteiger partial charge in [-0.15, -0.1) is 0 Å². The number of halogens is 1. The highest BCUT2D eigenvalue weighted by Crippen LogP contribution is 2.37. The Bertz CT molecular complexity index is 326. The molecule has 3 nitrogen and oxygen atoms in total. The van der Waals surface area contributed by atoms with Crippen molar-refractivity contribution in [3.63, 3.8) is 0 Å². The van der Waals surface area contributed by atoms with Gasteiger partial charge in [-0.1, -0.05) is 11.6 Å². The lowest BCUT2D eigenvalue weighted by Gasteiger charge is -2.11. The molecule has 0 bridgehead atoms. The van der Waals surface area contributed by atoms with Gasteiger partial charge < -0.3 is 15.6 Å². The molecule has 1 aromatic carbocycles. The van der Waals surface area contributed by atoms with Crippen LogP contribution in [-0.4, -0.2) is 12.2 Å². The van der Waals surface area contributed by atoms with E-state index < -0.39 is 0 Å². The highest BCUT2D eigenvalue weighted by molar-refractivity contribution is 6.31. The molecule has 0 saturated heterocycles. The maximum absolute atomic E-state index is 9.63. The van der Waals surface area contributed by atoms with Crippen LogP contribution < -0.4 is 10.5 Å². The fraction of sp³-hybridized carbons (Fsp3) is 0.333. The summed E-state index contributed by atoms with van der Waals surface area (Å²) in [6.07, 6.45) is 0. The van der Waals surface area contributed by atoms with Crippen LogP contribution in [0.15, 0.2) is 6.07 Å². The van der Waals surface area contributed by atoms with Gasteiger partial charge in [0.05, 0.1) is 7.11 Å². The van der Waals surface area contributed by atoms with E-state index in [1.165, 1.54) is 7.11 Å². The molecule has 0 aliphatic carbocycles. The van der Waals surface area contributed by atoms with Crippen LogP contribution >= 0.6 is 11.6 Å². The first-order chi connectivity index (χ1) is 6.11. The van der Waals surface area contributed by atoms with E-state index in [1.807, 2.05) is 0 Å². The average Bonchev–Trinajstić information content (AvgIpc) is 2.12. The molecule has 72 valence electrons. The summed E-state index contributed by atoms with van der Waals surface area (Å²) in [5, 5.41) is 10.2. The summed E-state index contributed by atoms with van der Waals surface area (Å²) in [7, 11) is 1.48. The number of hydrogen-bond donors (Lipinski definition) is 2. The SMILES string of the molecule is COc1c(C)c(Cl)cc(CN)c1O. The molecule has 3 N–H and O–H groups in total. The molecule has 0 radical (unpaired) electrons. The number of nitrogens with two attached hydrogens (primary N) is 1. The Hall–Kier alpha value is -0.930. The first kappa shape index (κ1) is 10.2. The molecule has 0 unspecified atom stereocenters. The number of phenolic OH excluding ortho intramolecular Hbond substituents is 1. The van der Waals surface area contributed by atoms with Crippen LogP contribution in [0.25, 0.3) is 0 Å². The molecule has 0 spiro atoms. The molecule has 0 saturated carbocycles. The fourth-order valence-corrected chi connectivity index (χ4v) is 1.38. The van der Waals surface area contributed by atoms with E-state index in [1.54, 1.807) is 13.0 Å². The van der Waals surface area contributed by atoms with E-state index in [-0.39, 0.29) is 12.3 Å². The monoisotopic (exact) mass is 201 g/mol. The van der Waals surface area contributed by atoms with E-state index in [0.717, 1.165) is 5.56 Å². The lowest BCUT2D eigenvalue weighted by molar-refractivity contribution is 0.368. The Morgan fingerprint density at radius 2 is 2.23 bits per heavy atom. The predicted octanol–water partition coefficient (Wildman–Crippen LogP) is 1.82. The lowest BCUT2D eigenvalue weighted by Crippen LogP contribution is -1.99.